The fourth-order valence-corrected chi connectivity index (χ4v) is 4.19. The van der Waals surface area contributed by atoms with Crippen molar-refractivity contribution in [3.63, 3.8) is 0 Å². The molecule has 4 heterocycles. The van der Waals surface area contributed by atoms with Gasteiger partial charge in [0.2, 0.25) is 0 Å². The summed E-state index contributed by atoms with van der Waals surface area (Å²) in [5.74, 6) is 0.612. The van der Waals surface area contributed by atoms with Crippen LogP contribution in [-0.2, 0) is 17.1 Å². The van der Waals surface area contributed by atoms with Crippen molar-refractivity contribution < 1.29 is 12.9 Å². The molecule has 3 aromatic heterocycles. The van der Waals surface area contributed by atoms with Gasteiger partial charge >= 0.3 is 0 Å². The van der Waals surface area contributed by atoms with Gasteiger partial charge < -0.3 is 9.09 Å². The Kier molecular flexibility index (Phi) is 3.81. The van der Waals surface area contributed by atoms with Crippen LogP contribution in [0.1, 0.15) is 18.2 Å². The minimum absolute atomic E-state index is 0.0454. The minimum atomic E-state index is -3.61. The Morgan fingerprint density at radius 3 is 2.88 bits per heavy atom. The molecular weight excluding hydrogens is 346 g/mol. The van der Waals surface area contributed by atoms with Crippen LogP contribution in [0.15, 0.2) is 40.7 Å². The average molecular weight is 361 g/mol. The molecule has 25 heavy (non-hydrogen) atoms. The van der Waals surface area contributed by atoms with Crippen LogP contribution in [0.5, 0.6) is 0 Å². The molecule has 0 bridgehead atoms. The maximum atomic E-state index is 12.6. The molecule has 1 fully saturated rings. The topological polar surface area (TPSA) is 120 Å². The lowest BCUT2D eigenvalue weighted by Gasteiger charge is -2.13. The van der Waals surface area contributed by atoms with Crippen molar-refractivity contribution in [2.45, 2.75) is 17.4 Å². The zero-order chi connectivity index (χ0) is 17.4. The number of sulfonamides is 1. The first-order valence-corrected chi connectivity index (χ1v) is 9.06. The van der Waals surface area contributed by atoms with Crippen LogP contribution in [0.4, 0.5) is 0 Å². The highest BCUT2D eigenvalue weighted by Crippen LogP contribution is 2.30. The maximum Gasteiger partial charge on any atom is 0.278 e. The van der Waals surface area contributed by atoms with Gasteiger partial charge in [0.05, 0.1) is 12.5 Å². The van der Waals surface area contributed by atoms with Crippen LogP contribution in [0.2, 0.25) is 0 Å². The molecule has 0 spiro atoms. The molecule has 0 aromatic carbocycles. The standard InChI is InChI=1S/C14H15N7O3S/c1-20-8-12(17-9-20)25(22,23)21-5-2-10(7-21)13-18-14(24-19-13)11-6-15-3-4-16-11/h3-4,6,8-10H,2,5,7H2,1H3. The summed E-state index contributed by atoms with van der Waals surface area (Å²) in [7, 11) is -1.88. The van der Waals surface area contributed by atoms with E-state index >= 15 is 0 Å². The normalized spacial score (nSPS) is 18.7. The Labute approximate surface area is 143 Å². The summed E-state index contributed by atoms with van der Waals surface area (Å²) in [6.45, 7) is 0.678. The molecule has 130 valence electrons. The van der Waals surface area contributed by atoms with Gasteiger partial charge in [-0.2, -0.15) is 9.29 Å². The Morgan fingerprint density at radius 1 is 1.28 bits per heavy atom. The van der Waals surface area contributed by atoms with Gasteiger partial charge in [0, 0.05) is 44.6 Å². The Hall–Kier alpha value is -2.66. The van der Waals surface area contributed by atoms with Gasteiger partial charge in [-0.1, -0.05) is 5.16 Å². The van der Waals surface area contributed by atoms with Gasteiger partial charge in [0.25, 0.3) is 15.9 Å². The van der Waals surface area contributed by atoms with Crippen LogP contribution in [0.3, 0.4) is 0 Å². The van der Waals surface area contributed by atoms with E-state index in [1.807, 2.05) is 0 Å². The molecule has 11 heteroatoms. The highest BCUT2D eigenvalue weighted by molar-refractivity contribution is 7.89. The zero-order valence-corrected chi connectivity index (χ0v) is 14.2. The van der Waals surface area contributed by atoms with E-state index in [0.717, 1.165) is 0 Å². The third-order valence-corrected chi connectivity index (χ3v) is 5.78. The van der Waals surface area contributed by atoms with Crippen LogP contribution in [-0.4, -0.2) is 55.5 Å². The Balaban J connectivity index is 1.52. The van der Waals surface area contributed by atoms with E-state index in [1.165, 1.54) is 29.2 Å². The van der Waals surface area contributed by atoms with E-state index in [2.05, 4.69) is 25.1 Å². The molecule has 0 amide bonds. The SMILES string of the molecule is Cn1cnc(S(=O)(=O)N2CCC(c3noc(-c4cnccn4)n3)C2)c1. The zero-order valence-electron chi connectivity index (χ0n) is 13.3. The predicted molar refractivity (Wildman–Crippen MR) is 84.6 cm³/mol. The monoisotopic (exact) mass is 361 g/mol. The first-order chi connectivity index (χ1) is 12.0. The van der Waals surface area contributed by atoms with Gasteiger partial charge in [-0.25, -0.2) is 18.4 Å². The Morgan fingerprint density at radius 2 is 2.16 bits per heavy atom. The van der Waals surface area contributed by atoms with E-state index in [-0.39, 0.29) is 16.8 Å². The fourth-order valence-electron chi connectivity index (χ4n) is 2.73. The van der Waals surface area contributed by atoms with Crippen molar-refractivity contribution >= 4 is 10.0 Å². The van der Waals surface area contributed by atoms with E-state index in [0.29, 0.717) is 31.0 Å². The van der Waals surface area contributed by atoms with Gasteiger partial charge in [-0.05, 0) is 6.42 Å². The summed E-state index contributed by atoms with van der Waals surface area (Å²) < 4.78 is 33.5. The molecule has 1 aliphatic heterocycles. The lowest BCUT2D eigenvalue weighted by Crippen LogP contribution is -2.29. The lowest BCUT2D eigenvalue weighted by atomic mass is 10.1. The minimum Gasteiger partial charge on any atom is -0.339 e. The number of nitrogens with zero attached hydrogens (tertiary/aromatic N) is 7. The second-order valence-electron chi connectivity index (χ2n) is 5.77. The number of aryl methyl sites for hydroxylation is 1. The van der Waals surface area contributed by atoms with E-state index in [4.69, 9.17) is 4.52 Å². The van der Waals surface area contributed by atoms with Crippen LogP contribution in [0.25, 0.3) is 11.6 Å². The Bertz CT molecular complexity index is 983. The van der Waals surface area contributed by atoms with Gasteiger partial charge in [0.15, 0.2) is 10.9 Å². The molecule has 0 N–H and O–H groups in total. The van der Waals surface area contributed by atoms with E-state index < -0.39 is 10.0 Å². The molecule has 0 aliphatic carbocycles. The average Bonchev–Trinajstić information content (AvgIpc) is 3.35. The summed E-state index contributed by atoms with van der Waals surface area (Å²) in [4.78, 5) is 16.3. The summed E-state index contributed by atoms with van der Waals surface area (Å²) in [6, 6.07) is 0. The smallest absolute Gasteiger partial charge is 0.278 e. The molecule has 4 rings (SSSR count). The highest BCUT2D eigenvalue weighted by Gasteiger charge is 2.36. The molecule has 1 unspecified atom stereocenters. The molecular formula is C14H15N7O3S. The van der Waals surface area contributed by atoms with Crippen molar-refractivity contribution in [3.05, 3.63) is 36.9 Å². The molecule has 1 saturated heterocycles. The van der Waals surface area contributed by atoms with E-state index in [1.54, 1.807) is 17.8 Å². The van der Waals surface area contributed by atoms with Crippen LogP contribution < -0.4 is 0 Å². The first-order valence-electron chi connectivity index (χ1n) is 7.62. The molecule has 10 nitrogen and oxygen atoms in total. The molecule has 3 aromatic rings. The largest absolute Gasteiger partial charge is 0.339 e. The maximum absolute atomic E-state index is 12.6. The number of imidazole rings is 1. The quantitative estimate of drug-likeness (QED) is 0.656. The molecule has 0 radical (unpaired) electrons. The fraction of sp³-hybridized carbons (Fsp3) is 0.357. The third kappa shape index (κ3) is 2.91. The number of hydrogen-bond acceptors (Lipinski definition) is 8. The number of rotatable bonds is 4. The number of aromatic nitrogens is 6. The molecule has 0 saturated carbocycles. The van der Waals surface area contributed by atoms with Gasteiger partial charge in [-0.3, -0.25) is 4.98 Å². The first kappa shape index (κ1) is 15.8. The summed E-state index contributed by atoms with van der Waals surface area (Å²) in [6.07, 6.45) is 8.19. The van der Waals surface area contributed by atoms with Gasteiger partial charge in [0.1, 0.15) is 5.69 Å². The highest BCUT2D eigenvalue weighted by atomic mass is 32.2. The summed E-state index contributed by atoms with van der Waals surface area (Å²) in [5, 5.41) is 4.02. The summed E-state index contributed by atoms with van der Waals surface area (Å²) in [5.41, 5.74) is 0.484. The van der Waals surface area contributed by atoms with Crippen molar-refractivity contribution in [2.24, 2.45) is 7.05 Å². The van der Waals surface area contributed by atoms with Crippen molar-refractivity contribution in [2.75, 3.05) is 13.1 Å². The predicted octanol–water partition coefficient (Wildman–Crippen LogP) is 0.438. The van der Waals surface area contributed by atoms with Crippen molar-refractivity contribution in [1.82, 2.24) is 34.0 Å². The third-order valence-electron chi connectivity index (χ3n) is 4.03. The molecule has 1 atom stereocenters. The second kappa shape index (κ2) is 6.01. The molecule has 1 aliphatic rings. The number of hydrogen-bond donors (Lipinski definition) is 0. The second-order valence-corrected chi connectivity index (χ2v) is 7.66. The van der Waals surface area contributed by atoms with Crippen LogP contribution in [0, 0.1) is 0 Å². The van der Waals surface area contributed by atoms with Crippen molar-refractivity contribution in [1.29, 1.82) is 0 Å². The van der Waals surface area contributed by atoms with Crippen LogP contribution >= 0.6 is 0 Å². The van der Waals surface area contributed by atoms with Gasteiger partial charge in [-0.15, -0.1) is 0 Å². The van der Waals surface area contributed by atoms with E-state index in [9.17, 15) is 8.42 Å². The van der Waals surface area contributed by atoms with Crippen molar-refractivity contribution in [3.8, 4) is 11.6 Å². The summed E-state index contributed by atoms with van der Waals surface area (Å²) >= 11 is 0. The lowest BCUT2D eigenvalue weighted by molar-refractivity contribution is 0.413.